The fourth-order valence-corrected chi connectivity index (χ4v) is 6.40. The minimum atomic E-state index is -1.05. The van der Waals surface area contributed by atoms with Gasteiger partial charge in [-0.3, -0.25) is 29.0 Å². The summed E-state index contributed by atoms with van der Waals surface area (Å²) >= 11 is 0. The molecule has 1 aromatic heterocycles. The lowest BCUT2D eigenvalue weighted by molar-refractivity contribution is -0.146. The Morgan fingerprint density at radius 1 is 0.804 bits per heavy atom. The summed E-state index contributed by atoms with van der Waals surface area (Å²) < 4.78 is 0. The van der Waals surface area contributed by atoms with E-state index in [0.29, 0.717) is 32.1 Å². The van der Waals surface area contributed by atoms with Gasteiger partial charge in [-0.15, -0.1) is 0 Å². The van der Waals surface area contributed by atoms with E-state index in [1.54, 1.807) is 29.4 Å². The summed E-state index contributed by atoms with van der Waals surface area (Å²) in [4.78, 5) is 71.1. The molecule has 3 aromatic rings. The van der Waals surface area contributed by atoms with Gasteiger partial charge in [-0.1, -0.05) is 60.7 Å². The van der Waals surface area contributed by atoms with Gasteiger partial charge >= 0.3 is 5.97 Å². The van der Waals surface area contributed by atoms with E-state index in [1.165, 1.54) is 0 Å². The van der Waals surface area contributed by atoms with Gasteiger partial charge in [0.2, 0.25) is 23.6 Å². The second-order valence-corrected chi connectivity index (χ2v) is 12.0. The molecule has 4 amide bonds. The zero-order chi connectivity index (χ0) is 32.5. The summed E-state index contributed by atoms with van der Waals surface area (Å²) in [7, 11) is 0. The Balaban J connectivity index is 1.28. The number of rotatable bonds is 13. The number of aromatic nitrogens is 1. The second kappa shape index (κ2) is 15.3. The van der Waals surface area contributed by atoms with Crippen LogP contribution in [0.25, 0.3) is 0 Å². The van der Waals surface area contributed by atoms with E-state index in [-0.39, 0.29) is 37.1 Å². The molecule has 0 radical (unpaired) electrons. The first kappa shape index (κ1) is 32.3. The van der Waals surface area contributed by atoms with Crippen molar-refractivity contribution in [1.82, 2.24) is 25.8 Å². The molecule has 2 unspecified atom stereocenters. The number of piperidine rings is 1. The van der Waals surface area contributed by atoms with Crippen LogP contribution in [0.3, 0.4) is 0 Å². The lowest BCUT2D eigenvalue weighted by atomic mass is 9.97. The number of aliphatic carboxylic acids is 1. The van der Waals surface area contributed by atoms with E-state index in [0.717, 1.165) is 16.7 Å². The zero-order valence-corrected chi connectivity index (χ0v) is 25.5. The predicted octanol–water partition coefficient (Wildman–Crippen LogP) is 2.19. The summed E-state index contributed by atoms with van der Waals surface area (Å²) in [5.74, 6) is -2.59. The quantitative estimate of drug-likeness (QED) is 0.227. The Morgan fingerprint density at radius 3 is 2.11 bits per heavy atom. The van der Waals surface area contributed by atoms with Gasteiger partial charge in [0.25, 0.3) is 0 Å². The van der Waals surface area contributed by atoms with Crippen LogP contribution in [0.2, 0.25) is 0 Å². The van der Waals surface area contributed by atoms with Gasteiger partial charge in [-0.25, -0.2) is 0 Å². The molecule has 2 aromatic carbocycles. The molecule has 2 saturated heterocycles. The number of nitrogens with one attached hydrogen (secondary N) is 3. The van der Waals surface area contributed by atoms with Crippen LogP contribution in [-0.2, 0) is 43.2 Å². The highest BCUT2D eigenvalue weighted by molar-refractivity contribution is 5.95. The summed E-state index contributed by atoms with van der Waals surface area (Å²) in [6, 6.07) is 18.7. The molecule has 5 rings (SSSR count). The topological polar surface area (TPSA) is 158 Å². The number of carboxylic acids is 1. The molecule has 0 bridgehead atoms. The van der Waals surface area contributed by atoms with Gasteiger partial charge in [-0.05, 0) is 60.9 Å². The molecule has 0 saturated carbocycles. The molecule has 5 atom stereocenters. The van der Waals surface area contributed by atoms with E-state index >= 15 is 0 Å². The fraction of sp³-hybridized carbons (Fsp3) is 0.371. The Hall–Kier alpha value is -5.06. The van der Waals surface area contributed by atoms with E-state index in [4.69, 9.17) is 0 Å². The first-order valence-electron chi connectivity index (χ1n) is 15.7. The number of hydrogen-bond acceptors (Lipinski definition) is 6. The molecule has 4 N–H and O–H groups in total. The Morgan fingerprint density at radius 2 is 1.43 bits per heavy atom. The summed E-state index contributed by atoms with van der Waals surface area (Å²) in [5, 5.41) is 18.1. The minimum Gasteiger partial charge on any atom is -0.481 e. The van der Waals surface area contributed by atoms with Crippen molar-refractivity contribution < 1.29 is 29.1 Å². The van der Waals surface area contributed by atoms with Crippen molar-refractivity contribution in [3.05, 3.63) is 102 Å². The van der Waals surface area contributed by atoms with Crippen LogP contribution in [0.1, 0.15) is 48.8 Å². The molecule has 11 heteroatoms. The molecule has 11 nitrogen and oxygen atoms in total. The normalized spacial score (nSPS) is 20.2. The molecule has 2 fully saturated rings. The van der Waals surface area contributed by atoms with Crippen molar-refractivity contribution in [2.24, 2.45) is 0 Å². The first-order valence-corrected chi connectivity index (χ1v) is 15.7. The molecule has 2 aliphatic rings. The number of carboxylic acid groups (broad SMARTS) is 1. The highest BCUT2D eigenvalue weighted by Gasteiger charge is 2.46. The third-order valence-corrected chi connectivity index (χ3v) is 8.60. The third-order valence-electron chi connectivity index (χ3n) is 8.60. The Bertz CT molecular complexity index is 1520. The number of hydrogen-bond donors (Lipinski definition) is 4. The number of carbonyl (C=O) groups excluding carboxylic acids is 4. The summed E-state index contributed by atoms with van der Waals surface area (Å²) in [6.45, 7) is 0. The van der Waals surface area contributed by atoms with E-state index in [9.17, 15) is 29.1 Å². The van der Waals surface area contributed by atoms with Gasteiger partial charge in [0.15, 0.2) is 0 Å². The number of nitrogens with zero attached hydrogens (tertiary/aromatic N) is 2. The zero-order valence-electron chi connectivity index (χ0n) is 25.5. The van der Waals surface area contributed by atoms with Crippen molar-refractivity contribution in [2.45, 2.75) is 81.6 Å². The van der Waals surface area contributed by atoms with Gasteiger partial charge in [0.1, 0.15) is 18.1 Å². The molecule has 3 heterocycles. The van der Waals surface area contributed by atoms with Crippen LogP contribution in [0.5, 0.6) is 0 Å². The van der Waals surface area contributed by atoms with E-state index in [2.05, 4.69) is 20.9 Å². The van der Waals surface area contributed by atoms with Crippen LogP contribution >= 0.6 is 0 Å². The Labute approximate surface area is 267 Å². The molecule has 0 spiro atoms. The number of amides is 4. The number of carbonyl (C=O) groups is 5. The fourth-order valence-electron chi connectivity index (χ4n) is 6.40. The van der Waals surface area contributed by atoms with Gasteiger partial charge < -0.3 is 26.0 Å². The SMILES string of the molecule is O=C(O)C[C@H](Cc1ccccc1)NC(=O)[C@H](Cc1ccncc1)NC(=O)C1CC[C@@H]2CCC(NC(=O)Cc3ccccc3)C(=O)N12. The molecule has 46 heavy (non-hydrogen) atoms. The predicted molar refractivity (Wildman–Crippen MR) is 169 cm³/mol. The number of fused-ring (bicyclic) bond motifs is 1. The number of benzene rings is 2. The van der Waals surface area contributed by atoms with Crippen molar-refractivity contribution in [1.29, 1.82) is 0 Å². The van der Waals surface area contributed by atoms with Crippen molar-refractivity contribution in [3.8, 4) is 0 Å². The standard InChI is InChI=1S/C35H39N5O6/c41-31(21-24-9-5-2-6-10-24)38-28-13-11-27-12-14-30(40(27)35(28)46)34(45)39-29(20-25-15-17-36-18-16-25)33(44)37-26(22-32(42)43)19-23-7-3-1-4-8-23/h1-10,15-18,26-30H,11-14,19-22H2,(H,37,44)(H,38,41)(H,39,45)(H,42,43)/t26-,27-,28?,29-,30?/m0/s1. The molecular weight excluding hydrogens is 586 g/mol. The largest absolute Gasteiger partial charge is 0.481 e. The van der Waals surface area contributed by atoms with Crippen LogP contribution < -0.4 is 16.0 Å². The summed E-state index contributed by atoms with van der Waals surface area (Å²) in [6.07, 6.45) is 5.73. The van der Waals surface area contributed by atoms with Crippen molar-refractivity contribution in [2.75, 3.05) is 0 Å². The summed E-state index contributed by atoms with van der Waals surface area (Å²) in [5.41, 5.74) is 2.47. The third kappa shape index (κ3) is 8.56. The van der Waals surface area contributed by atoms with Gasteiger partial charge in [0.05, 0.1) is 12.8 Å². The molecule has 0 aliphatic carbocycles. The number of pyridine rings is 1. The van der Waals surface area contributed by atoms with E-state index in [1.807, 2.05) is 60.7 Å². The average Bonchev–Trinajstić information content (AvgIpc) is 3.48. The van der Waals surface area contributed by atoms with Crippen LogP contribution in [-0.4, -0.2) is 74.8 Å². The Kier molecular flexibility index (Phi) is 10.7. The maximum Gasteiger partial charge on any atom is 0.305 e. The van der Waals surface area contributed by atoms with Crippen LogP contribution in [0, 0.1) is 0 Å². The maximum atomic E-state index is 13.8. The lowest BCUT2D eigenvalue weighted by Crippen LogP contribution is -2.60. The average molecular weight is 626 g/mol. The van der Waals surface area contributed by atoms with E-state index < -0.39 is 42.0 Å². The monoisotopic (exact) mass is 625 g/mol. The maximum absolute atomic E-state index is 13.8. The van der Waals surface area contributed by atoms with Crippen LogP contribution in [0.15, 0.2) is 85.2 Å². The molecule has 2 aliphatic heterocycles. The van der Waals surface area contributed by atoms with Crippen LogP contribution in [0.4, 0.5) is 0 Å². The minimum absolute atomic E-state index is 0.121. The molecule has 240 valence electrons. The van der Waals surface area contributed by atoms with Gasteiger partial charge in [0, 0.05) is 30.9 Å². The lowest BCUT2D eigenvalue weighted by Gasteiger charge is -2.38. The second-order valence-electron chi connectivity index (χ2n) is 12.0. The van der Waals surface area contributed by atoms with Crippen molar-refractivity contribution >= 4 is 29.6 Å². The first-order chi connectivity index (χ1) is 22.3. The van der Waals surface area contributed by atoms with Gasteiger partial charge in [-0.2, -0.15) is 0 Å². The smallest absolute Gasteiger partial charge is 0.305 e. The molecular formula is C35H39N5O6. The highest BCUT2D eigenvalue weighted by atomic mass is 16.4. The van der Waals surface area contributed by atoms with Crippen molar-refractivity contribution in [3.63, 3.8) is 0 Å². The highest BCUT2D eigenvalue weighted by Crippen LogP contribution is 2.33.